The minimum atomic E-state index is -0.763. The van der Waals surface area contributed by atoms with Gasteiger partial charge in [0.15, 0.2) is 0 Å². The second-order valence-electron chi connectivity index (χ2n) is 5.94. The maximum atomic E-state index is 13.2. The molecule has 0 aromatic heterocycles. The summed E-state index contributed by atoms with van der Waals surface area (Å²) >= 11 is 0. The fourth-order valence-electron chi connectivity index (χ4n) is 2.11. The van der Waals surface area contributed by atoms with E-state index in [4.69, 9.17) is 9.84 Å². The molecule has 0 radical (unpaired) electrons. The van der Waals surface area contributed by atoms with Crippen LogP contribution in [0.4, 0.5) is 4.39 Å². The molecule has 5 heteroatoms. The van der Waals surface area contributed by atoms with E-state index >= 15 is 0 Å². The van der Waals surface area contributed by atoms with Gasteiger partial charge in [-0.15, -0.1) is 0 Å². The summed E-state index contributed by atoms with van der Waals surface area (Å²) in [4.78, 5) is 10.6. The van der Waals surface area contributed by atoms with Crippen molar-refractivity contribution in [3.05, 3.63) is 29.6 Å². The number of nitrogens with one attached hydrogen (secondary N) is 1. The smallest absolute Gasteiger partial charge is 0.303 e. The number of ether oxygens (including phenoxy) is 1. The normalized spacial score (nSPS) is 11.4. The zero-order valence-corrected chi connectivity index (χ0v) is 12.9. The lowest BCUT2D eigenvalue weighted by atomic mass is 9.84. The number of carboxylic acids is 1. The van der Waals surface area contributed by atoms with Crippen LogP contribution in [-0.2, 0) is 11.3 Å². The van der Waals surface area contributed by atoms with Crippen LogP contribution in [0.25, 0.3) is 0 Å². The first-order valence-corrected chi connectivity index (χ1v) is 7.09. The number of benzene rings is 1. The van der Waals surface area contributed by atoms with Crippen LogP contribution in [0.2, 0.25) is 0 Å². The van der Waals surface area contributed by atoms with Crippen LogP contribution in [0.15, 0.2) is 18.2 Å². The third-order valence-corrected chi connectivity index (χ3v) is 3.55. The molecule has 0 aliphatic heterocycles. The van der Waals surface area contributed by atoms with Crippen molar-refractivity contribution in [3.8, 4) is 5.75 Å². The van der Waals surface area contributed by atoms with Crippen molar-refractivity contribution in [3.63, 3.8) is 0 Å². The summed E-state index contributed by atoms with van der Waals surface area (Å²) in [5.41, 5.74) is 0.748. The van der Waals surface area contributed by atoms with Crippen LogP contribution in [-0.4, -0.2) is 24.7 Å². The van der Waals surface area contributed by atoms with Crippen molar-refractivity contribution in [1.29, 1.82) is 0 Å². The fraction of sp³-hybridized carbons (Fsp3) is 0.562. The molecule has 4 nitrogen and oxygen atoms in total. The van der Waals surface area contributed by atoms with Crippen LogP contribution in [0.1, 0.15) is 38.7 Å². The summed E-state index contributed by atoms with van der Waals surface area (Å²) in [7, 11) is 1.56. The summed E-state index contributed by atoms with van der Waals surface area (Å²) in [5, 5.41) is 12.0. The van der Waals surface area contributed by atoms with E-state index in [9.17, 15) is 9.18 Å². The first-order chi connectivity index (χ1) is 9.84. The minimum Gasteiger partial charge on any atom is -0.496 e. The molecule has 21 heavy (non-hydrogen) atoms. The Balaban J connectivity index is 2.40. The Bertz CT molecular complexity index is 475. The standard InChI is InChI=1S/C16H24FNO3/c1-16(2,7-6-15(19)20)8-9-18-11-12-10-13(17)4-5-14(12)21-3/h4-5,10,18H,6-9,11H2,1-3H3,(H,19,20). The number of carboxylic acid groups (broad SMARTS) is 1. The Labute approximate surface area is 125 Å². The van der Waals surface area contributed by atoms with Crippen molar-refractivity contribution in [2.24, 2.45) is 5.41 Å². The van der Waals surface area contributed by atoms with E-state index in [-0.39, 0.29) is 17.7 Å². The van der Waals surface area contributed by atoms with Gasteiger partial charge in [-0.3, -0.25) is 4.79 Å². The molecule has 1 aromatic carbocycles. The van der Waals surface area contributed by atoms with Gasteiger partial charge in [-0.05, 0) is 43.0 Å². The molecule has 0 fully saturated rings. The molecule has 2 N–H and O–H groups in total. The fourth-order valence-corrected chi connectivity index (χ4v) is 2.11. The average Bonchev–Trinajstić information content (AvgIpc) is 2.42. The van der Waals surface area contributed by atoms with Crippen LogP contribution in [0.3, 0.4) is 0 Å². The van der Waals surface area contributed by atoms with E-state index in [0.29, 0.717) is 18.7 Å². The Morgan fingerprint density at radius 1 is 1.38 bits per heavy atom. The zero-order chi connectivity index (χ0) is 15.9. The van der Waals surface area contributed by atoms with Gasteiger partial charge in [0.05, 0.1) is 7.11 Å². The molecule has 0 amide bonds. The summed E-state index contributed by atoms with van der Waals surface area (Å²) in [6.45, 7) is 5.38. The van der Waals surface area contributed by atoms with E-state index in [1.807, 2.05) is 0 Å². The van der Waals surface area contributed by atoms with Gasteiger partial charge in [-0.1, -0.05) is 13.8 Å². The maximum absolute atomic E-state index is 13.2. The van der Waals surface area contributed by atoms with Gasteiger partial charge in [0.25, 0.3) is 0 Å². The summed E-state index contributed by atoms with van der Waals surface area (Å²) < 4.78 is 18.4. The highest BCUT2D eigenvalue weighted by Crippen LogP contribution is 2.26. The monoisotopic (exact) mass is 297 g/mol. The number of carbonyl (C=O) groups is 1. The Morgan fingerprint density at radius 3 is 2.71 bits per heavy atom. The maximum Gasteiger partial charge on any atom is 0.303 e. The average molecular weight is 297 g/mol. The molecular formula is C16H24FNO3. The number of halogens is 1. The molecule has 0 saturated carbocycles. The van der Waals surface area contributed by atoms with Gasteiger partial charge < -0.3 is 15.2 Å². The predicted molar refractivity (Wildman–Crippen MR) is 79.9 cm³/mol. The summed E-state index contributed by atoms with van der Waals surface area (Å²) in [5.74, 6) is -0.385. The largest absolute Gasteiger partial charge is 0.496 e. The molecule has 0 heterocycles. The van der Waals surface area contributed by atoms with Crippen LogP contribution >= 0.6 is 0 Å². The molecular weight excluding hydrogens is 273 g/mol. The molecule has 0 saturated heterocycles. The highest BCUT2D eigenvalue weighted by atomic mass is 19.1. The predicted octanol–water partition coefficient (Wildman–Crippen LogP) is 3.21. The Kier molecular flexibility index (Phi) is 6.62. The number of aliphatic carboxylic acids is 1. The molecule has 0 aliphatic carbocycles. The molecule has 1 aromatic rings. The summed E-state index contributed by atoms with van der Waals surface area (Å²) in [6.07, 6.45) is 1.69. The van der Waals surface area contributed by atoms with Gasteiger partial charge in [-0.2, -0.15) is 0 Å². The second kappa shape index (κ2) is 7.98. The number of hydrogen-bond donors (Lipinski definition) is 2. The topological polar surface area (TPSA) is 58.6 Å². The van der Waals surface area contributed by atoms with Crippen molar-refractivity contribution in [2.75, 3.05) is 13.7 Å². The van der Waals surface area contributed by atoms with Gasteiger partial charge in [0.1, 0.15) is 11.6 Å². The highest BCUT2D eigenvalue weighted by molar-refractivity contribution is 5.66. The van der Waals surface area contributed by atoms with E-state index in [2.05, 4.69) is 19.2 Å². The van der Waals surface area contributed by atoms with E-state index < -0.39 is 5.97 Å². The first-order valence-electron chi connectivity index (χ1n) is 7.09. The third-order valence-electron chi connectivity index (χ3n) is 3.55. The minimum absolute atomic E-state index is 0.0303. The van der Waals surface area contributed by atoms with E-state index in [1.54, 1.807) is 13.2 Å². The SMILES string of the molecule is COc1ccc(F)cc1CNCCC(C)(C)CCC(=O)O. The van der Waals surface area contributed by atoms with E-state index in [0.717, 1.165) is 18.5 Å². The number of methoxy groups -OCH3 is 1. The van der Waals surface area contributed by atoms with Gasteiger partial charge >= 0.3 is 5.97 Å². The van der Waals surface area contributed by atoms with Crippen LogP contribution < -0.4 is 10.1 Å². The molecule has 0 unspecified atom stereocenters. The zero-order valence-electron chi connectivity index (χ0n) is 12.9. The molecule has 0 atom stereocenters. The summed E-state index contributed by atoms with van der Waals surface area (Å²) in [6, 6.07) is 4.45. The quantitative estimate of drug-likeness (QED) is 0.687. The molecule has 0 aliphatic rings. The highest BCUT2D eigenvalue weighted by Gasteiger charge is 2.18. The van der Waals surface area contributed by atoms with Gasteiger partial charge in [0.2, 0.25) is 0 Å². The lowest BCUT2D eigenvalue weighted by Gasteiger charge is -2.24. The van der Waals surface area contributed by atoms with E-state index in [1.165, 1.54) is 12.1 Å². The second-order valence-corrected chi connectivity index (χ2v) is 5.94. The number of rotatable bonds is 9. The van der Waals surface area contributed by atoms with Gasteiger partial charge in [0, 0.05) is 18.5 Å². The number of hydrogen-bond acceptors (Lipinski definition) is 3. The van der Waals surface area contributed by atoms with Crippen molar-refractivity contribution in [1.82, 2.24) is 5.32 Å². The molecule has 1 rings (SSSR count). The van der Waals surface area contributed by atoms with Crippen molar-refractivity contribution in [2.45, 2.75) is 39.7 Å². The van der Waals surface area contributed by atoms with Crippen LogP contribution in [0.5, 0.6) is 5.75 Å². The molecule has 0 spiro atoms. The van der Waals surface area contributed by atoms with Gasteiger partial charge in [-0.25, -0.2) is 4.39 Å². The Hall–Kier alpha value is -1.62. The Morgan fingerprint density at radius 2 is 2.10 bits per heavy atom. The lowest BCUT2D eigenvalue weighted by Crippen LogP contribution is -2.23. The third kappa shape index (κ3) is 6.58. The lowest BCUT2D eigenvalue weighted by molar-refractivity contribution is -0.137. The molecule has 0 bridgehead atoms. The van der Waals surface area contributed by atoms with Crippen LogP contribution in [0, 0.1) is 11.2 Å². The first kappa shape index (κ1) is 17.4. The van der Waals surface area contributed by atoms with Crippen molar-refractivity contribution >= 4 is 5.97 Å². The molecule has 118 valence electrons. The van der Waals surface area contributed by atoms with Crippen molar-refractivity contribution < 1.29 is 19.0 Å².